The average molecular weight is 230 g/mol. The summed E-state index contributed by atoms with van der Waals surface area (Å²) in [7, 11) is 1.29. The first-order valence-corrected chi connectivity index (χ1v) is 5.20. The third-order valence-electron chi connectivity index (χ3n) is 2.32. The predicted molar refractivity (Wildman–Crippen MR) is 58.5 cm³/mol. The van der Waals surface area contributed by atoms with E-state index in [0.717, 1.165) is 12.8 Å². The molecule has 5 nitrogen and oxygen atoms in total. The van der Waals surface area contributed by atoms with Gasteiger partial charge in [0.1, 0.15) is 6.04 Å². The molecule has 2 amide bonds. The van der Waals surface area contributed by atoms with E-state index in [4.69, 9.17) is 12.2 Å². The van der Waals surface area contributed by atoms with Crippen LogP contribution in [-0.2, 0) is 9.53 Å². The van der Waals surface area contributed by atoms with Gasteiger partial charge in [0, 0.05) is 5.92 Å². The van der Waals surface area contributed by atoms with Gasteiger partial charge >= 0.3 is 12.0 Å². The van der Waals surface area contributed by atoms with Gasteiger partial charge in [-0.15, -0.1) is 0 Å². The number of nitrogens with one attached hydrogen (secondary N) is 2. The van der Waals surface area contributed by atoms with Gasteiger partial charge < -0.3 is 15.4 Å². The molecule has 0 aromatic rings. The zero-order valence-corrected chi connectivity index (χ0v) is 9.52. The summed E-state index contributed by atoms with van der Waals surface area (Å²) in [6.07, 6.45) is 1.63. The topological polar surface area (TPSA) is 67.4 Å². The Balaban J connectivity index is 2.81. The van der Waals surface area contributed by atoms with E-state index in [2.05, 4.69) is 15.4 Å². The zero-order valence-electron chi connectivity index (χ0n) is 8.70. The van der Waals surface area contributed by atoms with Crippen molar-refractivity contribution in [2.45, 2.75) is 25.8 Å². The van der Waals surface area contributed by atoms with Crippen molar-refractivity contribution >= 4 is 29.2 Å². The van der Waals surface area contributed by atoms with Crippen LogP contribution in [0.3, 0.4) is 0 Å². The molecule has 0 aromatic heterocycles. The fraction of sp³-hybridized carbons (Fsp3) is 0.667. The van der Waals surface area contributed by atoms with Crippen molar-refractivity contribution < 1.29 is 14.3 Å². The summed E-state index contributed by atoms with van der Waals surface area (Å²) in [6.45, 7) is 1.99. The number of ether oxygens (including phenoxy) is 1. The second-order valence-corrected chi connectivity index (χ2v) is 3.80. The highest BCUT2D eigenvalue weighted by Crippen LogP contribution is 2.17. The number of rotatable bonds is 3. The summed E-state index contributed by atoms with van der Waals surface area (Å²) >= 11 is 5.03. The molecule has 1 heterocycles. The van der Waals surface area contributed by atoms with Gasteiger partial charge in [-0.3, -0.25) is 0 Å². The fourth-order valence-corrected chi connectivity index (χ4v) is 1.94. The first-order chi connectivity index (χ1) is 7.10. The van der Waals surface area contributed by atoms with E-state index >= 15 is 0 Å². The molecular formula is C9H14N2O3S. The second-order valence-electron chi connectivity index (χ2n) is 3.36. The summed E-state index contributed by atoms with van der Waals surface area (Å²) < 4.78 is 4.62. The van der Waals surface area contributed by atoms with Gasteiger partial charge in [-0.05, 0) is 6.42 Å². The Morgan fingerprint density at radius 1 is 1.60 bits per heavy atom. The molecule has 1 rings (SSSR count). The van der Waals surface area contributed by atoms with E-state index in [9.17, 15) is 9.59 Å². The van der Waals surface area contributed by atoms with Gasteiger partial charge in [0.2, 0.25) is 0 Å². The van der Waals surface area contributed by atoms with Crippen molar-refractivity contribution in [3.63, 3.8) is 0 Å². The SMILES string of the molecule is CCC[C@@H]1C(=S)NC(=O)N[C@@H]1C(=O)OC. The lowest BCUT2D eigenvalue weighted by Gasteiger charge is -2.31. The first kappa shape index (κ1) is 11.9. The number of methoxy groups -OCH3 is 1. The van der Waals surface area contributed by atoms with Crippen LogP contribution in [-0.4, -0.2) is 30.1 Å². The summed E-state index contributed by atoms with van der Waals surface area (Å²) in [6, 6.07) is -1.10. The smallest absolute Gasteiger partial charge is 0.329 e. The van der Waals surface area contributed by atoms with Gasteiger partial charge in [-0.1, -0.05) is 25.6 Å². The molecule has 2 N–H and O–H groups in total. The van der Waals surface area contributed by atoms with E-state index in [0.29, 0.717) is 4.99 Å². The molecule has 0 aliphatic carbocycles. The van der Waals surface area contributed by atoms with Crippen LogP contribution in [0.4, 0.5) is 4.79 Å². The molecule has 0 saturated carbocycles. The van der Waals surface area contributed by atoms with Crippen LogP contribution in [0.25, 0.3) is 0 Å². The van der Waals surface area contributed by atoms with E-state index in [1.807, 2.05) is 6.92 Å². The van der Waals surface area contributed by atoms with Gasteiger partial charge in [-0.2, -0.15) is 0 Å². The van der Waals surface area contributed by atoms with Gasteiger partial charge in [0.05, 0.1) is 12.1 Å². The van der Waals surface area contributed by atoms with Crippen LogP contribution < -0.4 is 10.6 Å². The van der Waals surface area contributed by atoms with Crippen LogP contribution in [0.15, 0.2) is 0 Å². The standard InChI is InChI=1S/C9H14N2O3S/c1-3-4-5-6(8(12)14-2)10-9(13)11-7(5)15/h5-6H,3-4H2,1-2H3,(H2,10,11,13,15)/t5-,6-/m0/s1. The molecule has 0 spiro atoms. The molecule has 1 saturated heterocycles. The molecule has 0 unspecified atom stereocenters. The Kier molecular flexibility index (Phi) is 4.02. The molecule has 1 aliphatic rings. The summed E-state index contributed by atoms with van der Waals surface area (Å²) in [5.41, 5.74) is 0. The number of hydrogen-bond donors (Lipinski definition) is 2. The van der Waals surface area contributed by atoms with E-state index in [1.165, 1.54) is 7.11 Å². The third-order valence-corrected chi connectivity index (χ3v) is 2.72. The molecule has 84 valence electrons. The molecule has 15 heavy (non-hydrogen) atoms. The fourth-order valence-electron chi connectivity index (χ4n) is 1.59. The molecule has 1 aliphatic heterocycles. The Hall–Kier alpha value is -1.17. The lowest BCUT2D eigenvalue weighted by atomic mass is 9.93. The van der Waals surface area contributed by atoms with Gasteiger partial charge in [0.15, 0.2) is 0 Å². The van der Waals surface area contributed by atoms with Crippen LogP contribution in [0.5, 0.6) is 0 Å². The van der Waals surface area contributed by atoms with Gasteiger partial charge in [0.25, 0.3) is 0 Å². The van der Waals surface area contributed by atoms with Crippen LogP contribution in [0, 0.1) is 5.92 Å². The Morgan fingerprint density at radius 2 is 2.27 bits per heavy atom. The molecule has 6 heteroatoms. The monoisotopic (exact) mass is 230 g/mol. The maximum absolute atomic E-state index is 11.4. The van der Waals surface area contributed by atoms with Crippen molar-refractivity contribution in [1.29, 1.82) is 0 Å². The van der Waals surface area contributed by atoms with E-state index in [-0.39, 0.29) is 5.92 Å². The Morgan fingerprint density at radius 3 is 2.80 bits per heavy atom. The highest BCUT2D eigenvalue weighted by atomic mass is 32.1. The number of carbonyl (C=O) groups is 2. The molecule has 1 fully saturated rings. The minimum absolute atomic E-state index is 0.171. The van der Waals surface area contributed by atoms with Crippen LogP contribution in [0.1, 0.15) is 19.8 Å². The number of urea groups is 1. The number of thiocarbonyl (C=S) groups is 1. The number of hydrogen-bond acceptors (Lipinski definition) is 4. The first-order valence-electron chi connectivity index (χ1n) is 4.79. The lowest BCUT2D eigenvalue weighted by molar-refractivity contribution is -0.143. The summed E-state index contributed by atoms with van der Waals surface area (Å²) in [4.78, 5) is 23.0. The van der Waals surface area contributed by atoms with E-state index < -0.39 is 18.0 Å². The molecule has 2 atom stereocenters. The van der Waals surface area contributed by atoms with Crippen molar-refractivity contribution in [2.75, 3.05) is 7.11 Å². The van der Waals surface area contributed by atoms with E-state index in [1.54, 1.807) is 0 Å². The van der Waals surface area contributed by atoms with Crippen molar-refractivity contribution in [2.24, 2.45) is 5.92 Å². The average Bonchev–Trinajstić information content (AvgIpc) is 2.20. The van der Waals surface area contributed by atoms with Gasteiger partial charge in [-0.25, -0.2) is 9.59 Å². The number of amides is 2. The van der Waals surface area contributed by atoms with Crippen molar-refractivity contribution in [1.82, 2.24) is 10.6 Å². The predicted octanol–water partition coefficient (Wildman–Crippen LogP) is 0.584. The third kappa shape index (κ3) is 2.65. The maximum atomic E-state index is 11.4. The number of carbonyl (C=O) groups excluding carboxylic acids is 2. The normalized spacial score (nSPS) is 25.5. The quantitative estimate of drug-likeness (QED) is 0.550. The Bertz CT molecular complexity index is 293. The Labute approximate surface area is 93.5 Å². The van der Waals surface area contributed by atoms with Crippen LogP contribution >= 0.6 is 12.2 Å². The summed E-state index contributed by atoms with van der Waals surface area (Å²) in [5.74, 6) is -0.624. The van der Waals surface area contributed by atoms with Crippen molar-refractivity contribution in [3.8, 4) is 0 Å². The zero-order chi connectivity index (χ0) is 11.4. The molecular weight excluding hydrogens is 216 g/mol. The summed E-state index contributed by atoms with van der Waals surface area (Å²) in [5, 5.41) is 5.02. The largest absolute Gasteiger partial charge is 0.467 e. The number of esters is 1. The highest BCUT2D eigenvalue weighted by Gasteiger charge is 2.37. The molecule has 0 aromatic carbocycles. The highest BCUT2D eigenvalue weighted by molar-refractivity contribution is 7.80. The second kappa shape index (κ2) is 5.06. The minimum atomic E-state index is -0.656. The minimum Gasteiger partial charge on any atom is -0.467 e. The molecule has 0 bridgehead atoms. The molecule has 0 radical (unpaired) electrons. The lowest BCUT2D eigenvalue weighted by Crippen LogP contribution is -2.60. The van der Waals surface area contributed by atoms with Crippen molar-refractivity contribution in [3.05, 3.63) is 0 Å². The van der Waals surface area contributed by atoms with Crippen LogP contribution in [0.2, 0.25) is 0 Å². The maximum Gasteiger partial charge on any atom is 0.329 e.